The van der Waals surface area contributed by atoms with E-state index in [4.69, 9.17) is 5.73 Å². The number of rotatable bonds is 4. The van der Waals surface area contributed by atoms with Crippen LogP contribution in [0.3, 0.4) is 0 Å². The number of nitrogens with two attached hydrogens (primary N) is 1. The topological polar surface area (TPSA) is 47.1 Å². The quantitative estimate of drug-likeness (QED) is 0.861. The molecule has 17 heavy (non-hydrogen) atoms. The molecule has 1 aliphatic rings. The molecule has 4 nitrogen and oxygen atoms in total. The summed E-state index contributed by atoms with van der Waals surface area (Å²) < 4.78 is 1.92. The molecular formula is C13H24N4. The van der Waals surface area contributed by atoms with Gasteiger partial charge < -0.3 is 5.73 Å². The third kappa shape index (κ3) is 2.38. The zero-order valence-corrected chi connectivity index (χ0v) is 11.2. The molecule has 2 atom stereocenters. The van der Waals surface area contributed by atoms with Crippen molar-refractivity contribution in [2.45, 2.75) is 32.7 Å². The maximum Gasteiger partial charge on any atom is 0.0641 e. The summed E-state index contributed by atoms with van der Waals surface area (Å²) in [5.74, 6) is 0.587. The van der Waals surface area contributed by atoms with E-state index >= 15 is 0 Å². The highest BCUT2D eigenvalue weighted by atomic mass is 15.3. The molecule has 96 valence electrons. The molecule has 0 aliphatic carbocycles. The fraction of sp³-hybridized carbons (Fsp3) is 0.769. The van der Waals surface area contributed by atoms with E-state index in [9.17, 15) is 0 Å². The summed E-state index contributed by atoms with van der Waals surface area (Å²) in [5, 5.41) is 4.47. The Balaban J connectivity index is 2.27. The van der Waals surface area contributed by atoms with Crippen LogP contribution in [0, 0.1) is 12.8 Å². The van der Waals surface area contributed by atoms with E-state index in [1.165, 1.54) is 24.9 Å². The first-order chi connectivity index (χ1) is 8.17. The molecule has 1 aliphatic heterocycles. The fourth-order valence-corrected chi connectivity index (χ4v) is 3.07. The van der Waals surface area contributed by atoms with Gasteiger partial charge in [0.2, 0.25) is 0 Å². The molecule has 2 N–H and O–H groups in total. The first-order valence-electron chi connectivity index (χ1n) is 6.61. The Hall–Kier alpha value is -0.870. The van der Waals surface area contributed by atoms with Crippen LogP contribution in [0.1, 0.15) is 37.1 Å². The number of hydrogen-bond acceptors (Lipinski definition) is 3. The van der Waals surface area contributed by atoms with Gasteiger partial charge in [-0.25, -0.2) is 0 Å². The standard InChI is InChI=1S/C13H24N4/c1-4-6-17-7-5-11(8-14)13(17)12-9-16(3)15-10(12)2/h9,11,13H,4-8,14H2,1-3H3. The smallest absolute Gasteiger partial charge is 0.0641 e. The van der Waals surface area contributed by atoms with Crippen LogP contribution in [0.25, 0.3) is 0 Å². The van der Waals surface area contributed by atoms with Gasteiger partial charge in [-0.1, -0.05) is 6.92 Å². The summed E-state index contributed by atoms with van der Waals surface area (Å²) in [6.45, 7) is 7.46. The molecule has 0 saturated carbocycles. The van der Waals surface area contributed by atoms with Crippen LogP contribution in [0.2, 0.25) is 0 Å². The van der Waals surface area contributed by atoms with Gasteiger partial charge in [0.05, 0.1) is 5.69 Å². The number of aryl methyl sites for hydroxylation is 2. The molecule has 4 heteroatoms. The first kappa shape index (κ1) is 12.6. The Bertz CT molecular complexity index is 371. The highest BCUT2D eigenvalue weighted by Gasteiger charge is 2.35. The summed E-state index contributed by atoms with van der Waals surface area (Å²) in [7, 11) is 1.99. The Morgan fingerprint density at radius 2 is 2.29 bits per heavy atom. The van der Waals surface area contributed by atoms with Crippen LogP contribution < -0.4 is 5.73 Å². The van der Waals surface area contributed by atoms with Crippen LogP contribution in [0.5, 0.6) is 0 Å². The summed E-state index contributed by atoms with van der Waals surface area (Å²) in [4.78, 5) is 2.57. The number of nitrogens with zero attached hydrogens (tertiary/aromatic N) is 3. The zero-order valence-electron chi connectivity index (χ0n) is 11.2. The predicted octanol–water partition coefficient (Wildman–Crippen LogP) is 1.46. The molecule has 0 radical (unpaired) electrons. The maximum atomic E-state index is 5.92. The van der Waals surface area contributed by atoms with Crippen LogP contribution in [-0.2, 0) is 7.05 Å². The Morgan fingerprint density at radius 1 is 1.53 bits per heavy atom. The lowest BCUT2D eigenvalue weighted by Gasteiger charge is -2.27. The van der Waals surface area contributed by atoms with Gasteiger partial charge in [0, 0.05) is 24.8 Å². The van der Waals surface area contributed by atoms with Crippen molar-refractivity contribution < 1.29 is 0 Å². The van der Waals surface area contributed by atoms with Crippen molar-refractivity contribution in [3.8, 4) is 0 Å². The molecule has 1 saturated heterocycles. The van der Waals surface area contributed by atoms with Gasteiger partial charge in [-0.3, -0.25) is 9.58 Å². The van der Waals surface area contributed by atoms with Crippen molar-refractivity contribution in [2.75, 3.05) is 19.6 Å². The molecule has 0 amide bonds. The lowest BCUT2D eigenvalue weighted by molar-refractivity contribution is 0.230. The van der Waals surface area contributed by atoms with Crippen molar-refractivity contribution in [1.82, 2.24) is 14.7 Å². The molecule has 1 aromatic rings. The van der Waals surface area contributed by atoms with Crippen molar-refractivity contribution in [3.63, 3.8) is 0 Å². The molecule has 0 aromatic carbocycles. The number of likely N-dealkylation sites (tertiary alicyclic amines) is 1. The van der Waals surface area contributed by atoms with Crippen LogP contribution >= 0.6 is 0 Å². The number of aromatic nitrogens is 2. The monoisotopic (exact) mass is 236 g/mol. The number of hydrogen-bond donors (Lipinski definition) is 1. The lowest BCUT2D eigenvalue weighted by atomic mass is 9.94. The Labute approximate surface area is 104 Å². The van der Waals surface area contributed by atoms with E-state index in [0.717, 1.165) is 18.8 Å². The second kappa shape index (κ2) is 5.19. The van der Waals surface area contributed by atoms with Gasteiger partial charge in [0.25, 0.3) is 0 Å². The van der Waals surface area contributed by atoms with Gasteiger partial charge in [-0.05, 0) is 45.3 Å². The summed E-state index contributed by atoms with van der Waals surface area (Å²) in [6.07, 6.45) is 4.58. The molecule has 0 bridgehead atoms. The highest BCUT2D eigenvalue weighted by molar-refractivity contribution is 5.22. The third-order valence-electron chi connectivity index (χ3n) is 3.81. The van der Waals surface area contributed by atoms with Gasteiger partial charge >= 0.3 is 0 Å². The summed E-state index contributed by atoms with van der Waals surface area (Å²) in [5.41, 5.74) is 8.44. The molecule has 0 spiro atoms. The van der Waals surface area contributed by atoms with Gasteiger partial charge in [0.15, 0.2) is 0 Å². The van der Waals surface area contributed by atoms with Crippen LogP contribution in [0.4, 0.5) is 0 Å². The molecule has 1 aromatic heterocycles. The van der Waals surface area contributed by atoms with E-state index in [0.29, 0.717) is 12.0 Å². The molecule has 2 heterocycles. The van der Waals surface area contributed by atoms with Gasteiger partial charge in [-0.15, -0.1) is 0 Å². The van der Waals surface area contributed by atoms with E-state index in [2.05, 4.69) is 30.0 Å². The van der Waals surface area contributed by atoms with Crippen LogP contribution in [0.15, 0.2) is 6.20 Å². The molecule has 2 unspecified atom stereocenters. The average molecular weight is 236 g/mol. The second-order valence-electron chi connectivity index (χ2n) is 5.11. The SMILES string of the molecule is CCCN1CCC(CN)C1c1cn(C)nc1C. The van der Waals surface area contributed by atoms with E-state index in [1.54, 1.807) is 0 Å². The lowest BCUT2D eigenvalue weighted by Crippen LogP contribution is -2.29. The van der Waals surface area contributed by atoms with Crippen LogP contribution in [-0.4, -0.2) is 34.3 Å². The van der Waals surface area contributed by atoms with Crippen molar-refractivity contribution >= 4 is 0 Å². The van der Waals surface area contributed by atoms with Gasteiger partial charge in [0.1, 0.15) is 0 Å². The fourth-order valence-electron chi connectivity index (χ4n) is 3.07. The maximum absolute atomic E-state index is 5.92. The predicted molar refractivity (Wildman–Crippen MR) is 69.7 cm³/mol. The van der Waals surface area contributed by atoms with Crippen molar-refractivity contribution in [3.05, 3.63) is 17.5 Å². The van der Waals surface area contributed by atoms with Crippen molar-refractivity contribution in [1.29, 1.82) is 0 Å². The first-order valence-corrected chi connectivity index (χ1v) is 6.61. The van der Waals surface area contributed by atoms with Gasteiger partial charge in [-0.2, -0.15) is 5.10 Å². The minimum Gasteiger partial charge on any atom is -0.330 e. The zero-order chi connectivity index (χ0) is 12.4. The molecule has 2 rings (SSSR count). The highest BCUT2D eigenvalue weighted by Crippen LogP contribution is 2.37. The normalized spacial score (nSPS) is 25.6. The van der Waals surface area contributed by atoms with E-state index < -0.39 is 0 Å². The summed E-state index contributed by atoms with van der Waals surface area (Å²) >= 11 is 0. The molecule has 1 fully saturated rings. The minimum atomic E-state index is 0.480. The Morgan fingerprint density at radius 3 is 2.82 bits per heavy atom. The Kier molecular flexibility index (Phi) is 3.84. The minimum absolute atomic E-state index is 0.480. The average Bonchev–Trinajstić information content (AvgIpc) is 2.82. The largest absolute Gasteiger partial charge is 0.330 e. The second-order valence-corrected chi connectivity index (χ2v) is 5.11. The third-order valence-corrected chi connectivity index (χ3v) is 3.81. The summed E-state index contributed by atoms with van der Waals surface area (Å²) in [6, 6.07) is 0.480. The molecular weight excluding hydrogens is 212 g/mol. The van der Waals surface area contributed by atoms with Crippen molar-refractivity contribution in [2.24, 2.45) is 18.7 Å². The van der Waals surface area contributed by atoms with E-state index in [-0.39, 0.29) is 0 Å². The van der Waals surface area contributed by atoms with E-state index in [1.807, 2.05) is 11.7 Å².